The summed E-state index contributed by atoms with van der Waals surface area (Å²) in [5, 5.41) is 22.0. The Morgan fingerprint density at radius 1 is 1.40 bits per heavy atom. The van der Waals surface area contributed by atoms with E-state index in [2.05, 4.69) is 24.3 Å². The third kappa shape index (κ3) is 2.89. The summed E-state index contributed by atoms with van der Waals surface area (Å²) in [7, 11) is 0. The van der Waals surface area contributed by atoms with Gasteiger partial charge in [0.1, 0.15) is 6.07 Å². The molecule has 106 valence electrons. The van der Waals surface area contributed by atoms with Crippen molar-refractivity contribution in [3.05, 3.63) is 33.9 Å². The number of piperidine rings is 1. The van der Waals surface area contributed by atoms with Gasteiger partial charge in [0, 0.05) is 24.2 Å². The van der Waals surface area contributed by atoms with E-state index < -0.39 is 4.92 Å². The lowest BCUT2D eigenvalue weighted by Crippen LogP contribution is -2.47. The zero-order chi connectivity index (χ0) is 14.7. The second-order valence-electron chi connectivity index (χ2n) is 5.25. The highest BCUT2D eigenvalue weighted by Gasteiger charge is 2.25. The van der Waals surface area contributed by atoms with Crippen molar-refractivity contribution < 1.29 is 4.92 Å². The topological polar surface area (TPSA) is 82.2 Å². The quantitative estimate of drug-likeness (QED) is 0.676. The maximum atomic E-state index is 10.7. The molecule has 2 atom stereocenters. The Kier molecular flexibility index (Phi) is 4.20. The minimum atomic E-state index is -0.489. The van der Waals surface area contributed by atoms with Crippen LogP contribution in [0.1, 0.15) is 38.7 Å². The zero-order valence-corrected chi connectivity index (χ0v) is 11.7. The molecule has 0 aliphatic carbocycles. The molecule has 1 N–H and O–H groups in total. The van der Waals surface area contributed by atoms with Gasteiger partial charge in [0.25, 0.3) is 5.69 Å². The maximum absolute atomic E-state index is 10.7. The summed E-state index contributed by atoms with van der Waals surface area (Å²) in [6.07, 6.45) is 3.41. The summed E-state index contributed by atoms with van der Waals surface area (Å²) in [6, 6.07) is 7.10. The molecule has 20 heavy (non-hydrogen) atoms. The highest BCUT2D eigenvalue weighted by atomic mass is 16.6. The Balaban J connectivity index is 2.24. The van der Waals surface area contributed by atoms with Crippen LogP contribution in [0.15, 0.2) is 18.2 Å². The van der Waals surface area contributed by atoms with Crippen LogP contribution >= 0.6 is 0 Å². The SMILES string of the molecule is CC1CCCC(C)N1Nc1ccc([N+](=O)[O-])cc1C#N. The highest BCUT2D eigenvalue weighted by Crippen LogP contribution is 2.26. The zero-order valence-electron chi connectivity index (χ0n) is 11.7. The van der Waals surface area contributed by atoms with Crippen molar-refractivity contribution in [2.45, 2.75) is 45.2 Å². The lowest BCUT2D eigenvalue weighted by atomic mass is 10.00. The fourth-order valence-electron chi connectivity index (χ4n) is 2.62. The molecule has 0 radical (unpaired) electrons. The standard InChI is InChI=1S/C14H18N4O2/c1-10-4-3-5-11(2)17(10)16-14-7-6-13(18(19)20)8-12(14)9-15/h6-8,10-11,16H,3-5H2,1-2H3. The highest BCUT2D eigenvalue weighted by molar-refractivity contribution is 5.61. The molecule has 1 aliphatic heterocycles. The van der Waals surface area contributed by atoms with Crippen molar-refractivity contribution in [1.29, 1.82) is 5.26 Å². The molecular weight excluding hydrogens is 256 g/mol. The Hall–Kier alpha value is -2.13. The van der Waals surface area contributed by atoms with Gasteiger partial charge in [0.2, 0.25) is 0 Å². The molecule has 6 heteroatoms. The number of benzene rings is 1. The second kappa shape index (κ2) is 5.88. The van der Waals surface area contributed by atoms with E-state index in [1.807, 2.05) is 6.07 Å². The Morgan fingerprint density at radius 2 is 2.05 bits per heavy atom. The molecule has 1 aliphatic rings. The van der Waals surface area contributed by atoms with E-state index in [0.717, 1.165) is 12.8 Å². The largest absolute Gasteiger partial charge is 0.317 e. The molecule has 2 rings (SSSR count). The predicted octanol–water partition coefficient (Wildman–Crippen LogP) is 3.06. The van der Waals surface area contributed by atoms with Gasteiger partial charge in [0.05, 0.1) is 16.2 Å². The van der Waals surface area contributed by atoms with Crippen LogP contribution in [-0.2, 0) is 0 Å². The maximum Gasteiger partial charge on any atom is 0.270 e. The first-order valence-electron chi connectivity index (χ1n) is 6.76. The third-order valence-corrected chi connectivity index (χ3v) is 3.78. The molecule has 1 fully saturated rings. The molecule has 0 amide bonds. The molecule has 2 unspecified atom stereocenters. The fourth-order valence-corrected chi connectivity index (χ4v) is 2.62. The van der Waals surface area contributed by atoms with Crippen LogP contribution in [0.3, 0.4) is 0 Å². The molecule has 0 aromatic heterocycles. The summed E-state index contributed by atoms with van der Waals surface area (Å²) < 4.78 is 0. The molecule has 0 saturated carbocycles. The number of hydrogen-bond donors (Lipinski definition) is 1. The van der Waals surface area contributed by atoms with Gasteiger partial charge in [-0.2, -0.15) is 5.26 Å². The lowest BCUT2D eigenvalue weighted by molar-refractivity contribution is -0.384. The van der Waals surface area contributed by atoms with Crippen molar-refractivity contribution in [3.63, 3.8) is 0 Å². The molecular formula is C14H18N4O2. The number of nitrogens with zero attached hydrogens (tertiary/aromatic N) is 3. The Morgan fingerprint density at radius 3 is 2.60 bits per heavy atom. The molecule has 0 bridgehead atoms. The number of non-ortho nitro benzene ring substituents is 1. The normalized spacial score (nSPS) is 23.1. The number of anilines is 1. The minimum absolute atomic E-state index is 0.0631. The van der Waals surface area contributed by atoms with Gasteiger partial charge in [-0.3, -0.25) is 10.1 Å². The van der Waals surface area contributed by atoms with E-state index in [0.29, 0.717) is 23.3 Å². The molecule has 1 aromatic carbocycles. The van der Waals surface area contributed by atoms with Gasteiger partial charge in [-0.25, -0.2) is 5.01 Å². The van der Waals surface area contributed by atoms with Crippen LogP contribution in [0.4, 0.5) is 11.4 Å². The van der Waals surface area contributed by atoms with E-state index in [4.69, 9.17) is 5.26 Å². The molecule has 1 saturated heterocycles. The van der Waals surface area contributed by atoms with Crippen LogP contribution in [0, 0.1) is 21.4 Å². The van der Waals surface area contributed by atoms with E-state index >= 15 is 0 Å². The van der Waals surface area contributed by atoms with Crippen LogP contribution in [0.25, 0.3) is 0 Å². The second-order valence-corrected chi connectivity index (χ2v) is 5.25. The summed E-state index contributed by atoms with van der Waals surface area (Å²) in [6.45, 7) is 4.28. The van der Waals surface area contributed by atoms with Gasteiger partial charge in [0.15, 0.2) is 0 Å². The van der Waals surface area contributed by atoms with Gasteiger partial charge in [-0.1, -0.05) is 6.42 Å². The number of rotatable bonds is 3. The van der Waals surface area contributed by atoms with Crippen molar-refractivity contribution in [2.24, 2.45) is 0 Å². The van der Waals surface area contributed by atoms with Crippen LogP contribution in [0.2, 0.25) is 0 Å². The van der Waals surface area contributed by atoms with Crippen LogP contribution in [-0.4, -0.2) is 22.0 Å². The Bertz CT molecular complexity index is 543. The van der Waals surface area contributed by atoms with Crippen LogP contribution < -0.4 is 5.43 Å². The van der Waals surface area contributed by atoms with E-state index in [1.54, 1.807) is 6.07 Å². The summed E-state index contributed by atoms with van der Waals surface area (Å²) in [5.74, 6) is 0. The molecule has 6 nitrogen and oxygen atoms in total. The summed E-state index contributed by atoms with van der Waals surface area (Å²) >= 11 is 0. The molecule has 1 heterocycles. The first-order valence-corrected chi connectivity index (χ1v) is 6.76. The van der Waals surface area contributed by atoms with Gasteiger partial charge < -0.3 is 5.43 Å². The first kappa shape index (κ1) is 14.3. The Labute approximate surface area is 118 Å². The molecule has 1 aromatic rings. The number of nitrogens with one attached hydrogen (secondary N) is 1. The number of nitro groups is 1. The van der Waals surface area contributed by atoms with Crippen molar-refractivity contribution in [1.82, 2.24) is 5.01 Å². The van der Waals surface area contributed by atoms with Crippen molar-refractivity contribution in [2.75, 3.05) is 5.43 Å². The van der Waals surface area contributed by atoms with E-state index in [-0.39, 0.29) is 5.69 Å². The predicted molar refractivity (Wildman–Crippen MR) is 76.0 cm³/mol. The number of hydrazine groups is 1. The first-order chi connectivity index (χ1) is 9.52. The number of nitro benzene ring substituents is 1. The monoisotopic (exact) mass is 274 g/mol. The lowest BCUT2D eigenvalue weighted by Gasteiger charge is -2.39. The average Bonchev–Trinajstić information content (AvgIpc) is 2.43. The number of nitriles is 1. The van der Waals surface area contributed by atoms with Gasteiger partial charge in [-0.15, -0.1) is 0 Å². The minimum Gasteiger partial charge on any atom is -0.317 e. The smallest absolute Gasteiger partial charge is 0.270 e. The average molecular weight is 274 g/mol. The summed E-state index contributed by atoms with van der Waals surface area (Å²) in [4.78, 5) is 10.3. The molecule has 0 spiro atoms. The van der Waals surface area contributed by atoms with Gasteiger partial charge in [-0.05, 0) is 32.8 Å². The van der Waals surface area contributed by atoms with Gasteiger partial charge >= 0.3 is 0 Å². The van der Waals surface area contributed by atoms with Crippen molar-refractivity contribution in [3.8, 4) is 6.07 Å². The summed E-state index contributed by atoms with van der Waals surface area (Å²) in [5.41, 5.74) is 4.11. The van der Waals surface area contributed by atoms with Crippen LogP contribution in [0.5, 0.6) is 0 Å². The fraction of sp³-hybridized carbons (Fsp3) is 0.500. The third-order valence-electron chi connectivity index (χ3n) is 3.78. The number of hydrogen-bond acceptors (Lipinski definition) is 5. The van der Waals surface area contributed by atoms with E-state index in [9.17, 15) is 10.1 Å². The van der Waals surface area contributed by atoms with E-state index in [1.165, 1.54) is 18.6 Å². The van der Waals surface area contributed by atoms with Crippen molar-refractivity contribution >= 4 is 11.4 Å².